The van der Waals surface area contributed by atoms with E-state index >= 15 is 0 Å². The second kappa shape index (κ2) is 7.57. The van der Waals surface area contributed by atoms with Gasteiger partial charge in [0.25, 0.3) is 5.56 Å². The number of nitrogens with zero attached hydrogens (tertiary/aromatic N) is 3. The summed E-state index contributed by atoms with van der Waals surface area (Å²) in [6, 6.07) is 14.5. The van der Waals surface area contributed by atoms with Gasteiger partial charge >= 0.3 is 0 Å². The lowest BCUT2D eigenvalue weighted by Crippen LogP contribution is -2.46. The van der Waals surface area contributed by atoms with Gasteiger partial charge in [-0.1, -0.05) is 30.3 Å². The van der Waals surface area contributed by atoms with Crippen molar-refractivity contribution in [2.75, 3.05) is 32.7 Å². The third-order valence-corrected chi connectivity index (χ3v) is 4.60. The topological polar surface area (TPSA) is 28.5 Å². The predicted octanol–water partition coefficient (Wildman–Crippen LogP) is 1.75. The zero-order valence-electron chi connectivity index (χ0n) is 13.8. The number of piperazine rings is 1. The van der Waals surface area contributed by atoms with Crippen molar-refractivity contribution in [2.24, 2.45) is 7.05 Å². The van der Waals surface area contributed by atoms with Crippen molar-refractivity contribution in [3.63, 3.8) is 0 Å². The van der Waals surface area contributed by atoms with Crippen molar-refractivity contribution >= 4 is 0 Å². The van der Waals surface area contributed by atoms with E-state index in [2.05, 4.69) is 40.1 Å². The Kier molecular flexibility index (Phi) is 5.26. The largest absolute Gasteiger partial charge is 0.319 e. The zero-order chi connectivity index (χ0) is 16.1. The van der Waals surface area contributed by atoms with Crippen molar-refractivity contribution in [1.29, 1.82) is 0 Å². The van der Waals surface area contributed by atoms with Crippen LogP contribution >= 0.6 is 0 Å². The van der Waals surface area contributed by atoms with Crippen LogP contribution in [0.3, 0.4) is 0 Å². The summed E-state index contributed by atoms with van der Waals surface area (Å²) in [6.07, 6.45) is 2.98. The molecule has 1 aliphatic heterocycles. The molecule has 0 spiro atoms. The molecule has 2 heterocycles. The molecule has 0 aliphatic carbocycles. The van der Waals surface area contributed by atoms with Crippen molar-refractivity contribution < 1.29 is 0 Å². The number of pyridine rings is 1. The normalized spacial score (nSPS) is 16.6. The minimum absolute atomic E-state index is 0.0731. The summed E-state index contributed by atoms with van der Waals surface area (Å²) in [4.78, 5) is 16.7. The molecule has 0 bridgehead atoms. The lowest BCUT2D eigenvalue weighted by molar-refractivity contribution is 0.128. The molecule has 1 aromatic carbocycles. The molecule has 23 heavy (non-hydrogen) atoms. The van der Waals surface area contributed by atoms with Crippen LogP contribution in [-0.2, 0) is 20.0 Å². The van der Waals surface area contributed by atoms with E-state index in [4.69, 9.17) is 0 Å². The molecule has 0 radical (unpaired) electrons. The van der Waals surface area contributed by atoms with E-state index in [-0.39, 0.29) is 5.56 Å². The van der Waals surface area contributed by atoms with E-state index in [9.17, 15) is 4.79 Å². The summed E-state index contributed by atoms with van der Waals surface area (Å²) in [6.45, 7) is 6.37. The van der Waals surface area contributed by atoms with Crippen molar-refractivity contribution in [3.8, 4) is 0 Å². The highest BCUT2D eigenvalue weighted by Gasteiger charge is 2.16. The molecule has 1 fully saturated rings. The Morgan fingerprint density at radius 1 is 0.913 bits per heavy atom. The van der Waals surface area contributed by atoms with Gasteiger partial charge in [-0.2, -0.15) is 0 Å². The maximum absolute atomic E-state index is 11.7. The molecular weight excluding hydrogens is 286 g/mol. The maximum Gasteiger partial charge on any atom is 0.250 e. The van der Waals surface area contributed by atoms with Gasteiger partial charge < -0.3 is 9.47 Å². The van der Waals surface area contributed by atoms with Gasteiger partial charge in [0.05, 0.1) is 0 Å². The highest BCUT2D eigenvalue weighted by molar-refractivity contribution is 5.15. The lowest BCUT2D eigenvalue weighted by atomic mass is 10.1. The molecule has 0 saturated carbocycles. The van der Waals surface area contributed by atoms with Gasteiger partial charge in [-0.25, -0.2) is 0 Å². The summed E-state index contributed by atoms with van der Waals surface area (Å²) in [5, 5.41) is 0. The van der Waals surface area contributed by atoms with Gasteiger partial charge in [-0.05, 0) is 23.6 Å². The van der Waals surface area contributed by atoms with Gasteiger partial charge in [0.2, 0.25) is 0 Å². The zero-order valence-corrected chi connectivity index (χ0v) is 13.8. The predicted molar refractivity (Wildman–Crippen MR) is 93.5 cm³/mol. The summed E-state index contributed by atoms with van der Waals surface area (Å²) >= 11 is 0. The van der Waals surface area contributed by atoms with Crippen LogP contribution < -0.4 is 5.56 Å². The van der Waals surface area contributed by atoms with Crippen molar-refractivity contribution in [3.05, 3.63) is 70.1 Å². The summed E-state index contributed by atoms with van der Waals surface area (Å²) < 4.78 is 1.62. The molecule has 1 aromatic heterocycles. The van der Waals surface area contributed by atoms with Crippen molar-refractivity contribution in [2.45, 2.75) is 13.0 Å². The highest BCUT2D eigenvalue weighted by Crippen LogP contribution is 2.08. The third-order valence-electron chi connectivity index (χ3n) is 4.60. The van der Waals surface area contributed by atoms with Gasteiger partial charge in [-0.15, -0.1) is 0 Å². The van der Waals surface area contributed by atoms with Crippen LogP contribution in [0.25, 0.3) is 0 Å². The number of hydrogen-bond acceptors (Lipinski definition) is 3. The minimum atomic E-state index is 0.0731. The molecule has 1 aliphatic rings. The number of benzene rings is 1. The lowest BCUT2D eigenvalue weighted by Gasteiger charge is -2.34. The van der Waals surface area contributed by atoms with E-state index in [1.165, 1.54) is 5.56 Å². The molecule has 122 valence electrons. The summed E-state index contributed by atoms with van der Waals surface area (Å²) in [5.74, 6) is 0. The van der Waals surface area contributed by atoms with E-state index in [0.717, 1.165) is 51.3 Å². The Bertz CT molecular complexity index is 673. The summed E-state index contributed by atoms with van der Waals surface area (Å²) in [5.41, 5.74) is 2.60. The van der Waals surface area contributed by atoms with Gasteiger partial charge in [-0.3, -0.25) is 9.69 Å². The first-order chi connectivity index (χ1) is 11.2. The van der Waals surface area contributed by atoms with Crippen LogP contribution in [0.4, 0.5) is 0 Å². The van der Waals surface area contributed by atoms with Crippen LogP contribution in [0.1, 0.15) is 11.1 Å². The molecule has 0 N–H and O–H groups in total. The number of rotatable bonds is 5. The number of aromatic nitrogens is 1. The summed E-state index contributed by atoms with van der Waals surface area (Å²) in [7, 11) is 1.79. The van der Waals surface area contributed by atoms with Crippen LogP contribution in [0.2, 0.25) is 0 Å². The van der Waals surface area contributed by atoms with E-state index in [1.807, 2.05) is 12.3 Å². The molecule has 4 heteroatoms. The smallest absolute Gasteiger partial charge is 0.250 e. The molecule has 2 aromatic rings. The Morgan fingerprint density at radius 3 is 2.30 bits per heavy atom. The average molecular weight is 311 g/mol. The molecule has 0 atom stereocenters. The van der Waals surface area contributed by atoms with Crippen LogP contribution in [0.15, 0.2) is 53.5 Å². The second-order valence-electron chi connectivity index (χ2n) is 6.34. The fourth-order valence-corrected chi connectivity index (χ4v) is 3.05. The highest BCUT2D eigenvalue weighted by atomic mass is 16.1. The second-order valence-corrected chi connectivity index (χ2v) is 6.34. The molecule has 0 unspecified atom stereocenters. The molecule has 0 amide bonds. The van der Waals surface area contributed by atoms with Gasteiger partial charge in [0.15, 0.2) is 0 Å². The van der Waals surface area contributed by atoms with Crippen LogP contribution in [0, 0.1) is 0 Å². The first-order valence-electron chi connectivity index (χ1n) is 8.35. The average Bonchev–Trinajstić information content (AvgIpc) is 2.58. The number of hydrogen-bond donors (Lipinski definition) is 0. The fraction of sp³-hybridized carbons (Fsp3) is 0.421. The minimum Gasteiger partial charge on any atom is -0.319 e. The van der Waals surface area contributed by atoms with Gasteiger partial charge in [0, 0.05) is 58.6 Å². The molecular formula is C19H25N3O. The molecule has 3 rings (SSSR count). The van der Waals surface area contributed by atoms with Crippen LogP contribution in [-0.4, -0.2) is 47.1 Å². The third kappa shape index (κ3) is 4.53. The van der Waals surface area contributed by atoms with E-state index < -0.39 is 0 Å². The van der Waals surface area contributed by atoms with Gasteiger partial charge in [0.1, 0.15) is 0 Å². The quantitative estimate of drug-likeness (QED) is 0.842. The Labute approximate surface area is 138 Å². The fourth-order valence-electron chi connectivity index (χ4n) is 3.05. The van der Waals surface area contributed by atoms with Crippen molar-refractivity contribution in [1.82, 2.24) is 14.4 Å². The Hall–Kier alpha value is -1.91. The Balaban J connectivity index is 1.45. The first kappa shape index (κ1) is 16.0. The maximum atomic E-state index is 11.7. The molecule has 4 nitrogen and oxygen atoms in total. The SMILES string of the molecule is Cn1ccc(CN2CCN(CCc3ccccc3)CC2)cc1=O. The van der Waals surface area contributed by atoms with E-state index in [1.54, 1.807) is 17.7 Å². The Morgan fingerprint density at radius 2 is 1.61 bits per heavy atom. The van der Waals surface area contributed by atoms with E-state index in [0.29, 0.717) is 0 Å². The molecule has 1 saturated heterocycles. The standard InChI is InChI=1S/C19H25N3O/c1-20-9-7-18(15-19(20)23)16-22-13-11-21(12-14-22)10-8-17-5-3-2-4-6-17/h2-7,9,15H,8,10-14,16H2,1H3. The number of aryl methyl sites for hydroxylation is 1. The van der Waals surface area contributed by atoms with Crippen LogP contribution in [0.5, 0.6) is 0 Å². The monoisotopic (exact) mass is 311 g/mol. The first-order valence-corrected chi connectivity index (χ1v) is 8.35.